The lowest BCUT2D eigenvalue weighted by Crippen LogP contribution is -2.13. The number of hydrogen-bond acceptors (Lipinski definition) is 1. The minimum absolute atomic E-state index is 0.199. The molecule has 0 heterocycles. The van der Waals surface area contributed by atoms with E-state index in [1.54, 1.807) is 0 Å². The topological polar surface area (TPSA) is 37.3 Å². The maximum Gasteiger partial charge on any atom is 0.306 e. The SMILES string of the molecule is CCC(CCc1ccccc1)C(=O)O. The van der Waals surface area contributed by atoms with Gasteiger partial charge in [0.15, 0.2) is 0 Å². The van der Waals surface area contributed by atoms with E-state index in [1.165, 1.54) is 5.56 Å². The number of carbonyl (C=O) groups is 1. The van der Waals surface area contributed by atoms with Gasteiger partial charge in [-0.05, 0) is 24.8 Å². The predicted molar refractivity (Wildman–Crippen MR) is 56.2 cm³/mol. The second-order valence-electron chi connectivity index (χ2n) is 3.47. The predicted octanol–water partition coefficient (Wildman–Crippen LogP) is 2.73. The van der Waals surface area contributed by atoms with Crippen LogP contribution in [0.15, 0.2) is 30.3 Å². The van der Waals surface area contributed by atoms with E-state index >= 15 is 0 Å². The minimum atomic E-state index is -0.677. The fourth-order valence-electron chi connectivity index (χ4n) is 1.49. The standard InChI is InChI=1S/C12H16O2/c1-2-11(12(13)14)9-8-10-6-4-3-5-7-10/h3-7,11H,2,8-9H2,1H3,(H,13,14). The van der Waals surface area contributed by atoms with Crippen LogP contribution in [0.1, 0.15) is 25.3 Å². The average Bonchev–Trinajstić information content (AvgIpc) is 2.20. The highest BCUT2D eigenvalue weighted by molar-refractivity contribution is 5.69. The van der Waals surface area contributed by atoms with Crippen LogP contribution in [0.4, 0.5) is 0 Å². The Labute approximate surface area is 84.6 Å². The van der Waals surface area contributed by atoms with E-state index in [1.807, 2.05) is 37.3 Å². The van der Waals surface area contributed by atoms with Gasteiger partial charge in [-0.2, -0.15) is 0 Å². The Morgan fingerprint density at radius 2 is 2.00 bits per heavy atom. The molecule has 0 aromatic heterocycles. The smallest absolute Gasteiger partial charge is 0.306 e. The Hall–Kier alpha value is -1.31. The van der Waals surface area contributed by atoms with Crippen molar-refractivity contribution in [3.8, 4) is 0 Å². The molecule has 0 spiro atoms. The molecule has 1 N–H and O–H groups in total. The summed E-state index contributed by atoms with van der Waals surface area (Å²) in [5, 5.41) is 8.85. The van der Waals surface area contributed by atoms with Gasteiger partial charge in [-0.25, -0.2) is 0 Å². The van der Waals surface area contributed by atoms with Crippen LogP contribution in [-0.4, -0.2) is 11.1 Å². The molecule has 2 nitrogen and oxygen atoms in total. The highest BCUT2D eigenvalue weighted by Crippen LogP contribution is 2.12. The molecule has 0 amide bonds. The summed E-state index contributed by atoms with van der Waals surface area (Å²) in [4.78, 5) is 10.8. The van der Waals surface area contributed by atoms with Gasteiger partial charge >= 0.3 is 5.97 Å². The fraction of sp³-hybridized carbons (Fsp3) is 0.417. The molecule has 14 heavy (non-hydrogen) atoms. The quantitative estimate of drug-likeness (QED) is 0.778. The van der Waals surface area contributed by atoms with Crippen LogP contribution in [0.5, 0.6) is 0 Å². The van der Waals surface area contributed by atoms with Gasteiger partial charge in [0, 0.05) is 0 Å². The van der Waals surface area contributed by atoms with E-state index in [0.29, 0.717) is 6.42 Å². The Kier molecular flexibility index (Phi) is 4.17. The van der Waals surface area contributed by atoms with E-state index in [2.05, 4.69) is 0 Å². The van der Waals surface area contributed by atoms with Gasteiger partial charge in [-0.15, -0.1) is 0 Å². The summed E-state index contributed by atoms with van der Waals surface area (Å²) in [5.41, 5.74) is 1.22. The molecule has 1 rings (SSSR count). The van der Waals surface area contributed by atoms with Crippen LogP contribution < -0.4 is 0 Å². The highest BCUT2D eigenvalue weighted by Gasteiger charge is 2.14. The first kappa shape index (κ1) is 10.8. The lowest BCUT2D eigenvalue weighted by molar-refractivity contribution is -0.142. The van der Waals surface area contributed by atoms with Gasteiger partial charge in [0.25, 0.3) is 0 Å². The maximum absolute atomic E-state index is 10.8. The van der Waals surface area contributed by atoms with Crippen molar-refractivity contribution in [2.24, 2.45) is 5.92 Å². The Morgan fingerprint density at radius 1 is 1.36 bits per heavy atom. The van der Waals surface area contributed by atoms with Gasteiger partial charge in [0.1, 0.15) is 0 Å². The van der Waals surface area contributed by atoms with Crippen LogP contribution in [0.25, 0.3) is 0 Å². The highest BCUT2D eigenvalue weighted by atomic mass is 16.4. The van der Waals surface area contributed by atoms with Crippen molar-refractivity contribution in [3.63, 3.8) is 0 Å². The first-order chi connectivity index (χ1) is 6.74. The van der Waals surface area contributed by atoms with Crippen LogP contribution in [-0.2, 0) is 11.2 Å². The summed E-state index contributed by atoms with van der Waals surface area (Å²) in [6.07, 6.45) is 2.30. The van der Waals surface area contributed by atoms with E-state index < -0.39 is 5.97 Å². The third-order valence-electron chi connectivity index (χ3n) is 2.47. The second-order valence-corrected chi connectivity index (χ2v) is 3.47. The van der Waals surface area contributed by atoms with E-state index in [-0.39, 0.29) is 5.92 Å². The molecule has 1 aromatic rings. The number of aryl methyl sites for hydroxylation is 1. The number of benzene rings is 1. The molecule has 0 aliphatic rings. The first-order valence-electron chi connectivity index (χ1n) is 5.00. The molecule has 0 radical (unpaired) electrons. The third kappa shape index (κ3) is 3.21. The molecular formula is C12H16O2. The van der Waals surface area contributed by atoms with Gasteiger partial charge in [0.2, 0.25) is 0 Å². The summed E-state index contributed by atoms with van der Waals surface area (Å²) < 4.78 is 0. The van der Waals surface area contributed by atoms with E-state index in [0.717, 1.165) is 12.8 Å². The molecule has 0 saturated heterocycles. The largest absolute Gasteiger partial charge is 0.481 e. The van der Waals surface area contributed by atoms with Gasteiger partial charge in [-0.3, -0.25) is 4.79 Å². The molecular weight excluding hydrogens is 176 g/mol. The molecule has 76 valence electrons. The molecule has 1 aromatic carbocycles. The molecule has 0 aliphatic heterocycles. The van der Waals surface area contributed by atoms with E-state index in [9.17, 15) is 4.79 Å². The minimum Gasteiger partial charge on any atom is -0.481 e. The van der Waals surface area contributed by atoms with Crippen molar-refractivity contribution in [1.29, 1.82) is 0 Å². The Balaban J connectivity index is 2.44. The van der Waals surface area contributed by atoms with Crippen molar-refractivity contribution >= 4 is 5.97 Å². The van der Waals surface area contributed by atoms with Crippen molar-refractivity contribution in [3.05, 3.63) is 35.9 Å². The van der Waals surface area contributed by atoms with Crippen molar-refractivity contribution in [2.45, 2.75) is 26.2 Å². The van der Waals surface area contributed by atoms with Crippen LogP contribution >= 0.6 is 0 Å². The zero-order valence-corrected chi connectivity index (χ0v) is 8.44. The monoisotopic (exact) mass is 192 g/mol. The molecule has 1 atom stereocenters. The summed E-state index contributed by atoms with van der Waals surface area (Å²) in [5.74, 6) is -0.876. The van der Waals surface area contributed by atoms with Crippen molar-refractivity contribution in [2.75, 3.05) is 0 Å². The summed E-state index contributed by atoms with van der Waals surface area (Å²) in [7, 11) is 0. The van der Waals surface area contributed by atoms with Crippen LogP contribution in [0, 0.1) is 5.92 Å². The lowest BCUT2D eigenvalue weighted by atomic mass is 9.97. The molecule has 2 heteroatoms. The number of rotatable bonds is 5. The molecule has 0 fully saturated rings. The van der Waals surface area contributed by atoms with Gasteiger partial charge < -0.3 is 5.11 Å². The Morgan fingerprint density at radius 3 is 2.50 bits per heavy atom. The average molecular weight is 192 g/mol. The molecule has 0 bridgehead atoms. The van der Waals surface area contributed by atoms with Crippen molar-refractivity contribution < 1.29 is 9.90 Å². The summed E-state index contributed by atoms with van der Waals surface area (Å²) >= 11 is 0. The fourth-order valence-corrected chi connectivity index (χ4v) is 1.49. The summed E-state index contributed by atoms with van der Waals surface area (Å²) in [6, 6.07) is 10.0. The number of hydrogen-bond donors (Lipinski definition) is 1. The maximum atomic E-state index is 10.8. The summed E-state index contributed by atoms with van der Waals surface area (Å²) in [6.45, 7) is 1.92. The number of aliphatic carboxylic acids is 1. The van der Waals surface area contributed by atoms with Crippen LogP contribution in [0.2, 0.25) is 0 Å². The Bertz CT molecular complexity index is 280. The lowest BCUT2D eigenvalue weighted by Gasteiger charge is -2.08. The number of carboxylic acids is 1. The van der Waals surface area contributed by atoms with Gasteiger partial charge in [0.05, 0.1) is 5.92 Å². The normalized spacial score (nSPS) is 12.4. The molecule has 0 aliphatic carbocycles. The number of carboxylic acid groups (broad SMARTS) is 1. The van der Waals surface area contributed by atoms with Crippen LogP contribution in [0.3, 0.4) is 0 Å². The molecule has 0 saturated carbocycles. The van der Waals surface area contributed by atoms with Gasteiger partial charge in [-0.1, -0.05) is 37.3 Å². The third-order valence-corrected chi connectivity index (χ3v) is 2.47. The van der Waals surface area contributed by atoms with E-state index in [4.69, 9.17) is 5.11 Å². The van der Waals surface area contributed by atoms with Crippen molar-refractivity contribution in [1.82, 2.24) is 0 Å². The zero-order chi connectivity index (χ0) is 10.4. The second kappa shape index (κ2) is 5.43. The first-order valence-corrected chi connectivity index (χ1v) is 5.00. The zero-order valence-electron chi connectivity index (χ0n) is 8.44. The molecule has 1 unspecified atom stereocenters.